The van der Waals surface area contributed by atoms with Crippen molar-refractivity contribution in [3.8, 4) is 0 Å². The van der Waals surface area contributed by atoms with Crippen molar-refractivity contribution in [2.75, 3.05) is 5.32 Å². The van der Waals surface area contributed by atoms with E-state index in [1.165, 1.54) is 19.3 Å². The van der Waals surface area contributed by atoms with Crippen LogP contribution < -0.4 is 5.32 Å². The van der Waals surface area contributed by atoms with Gasteiger partial charge in [-0.2, -0.15) is 0 Å². The van der Waals surface area contributed by atoms with Gasteiger partial charge in [-0.05, 0) is 42.9 Å². The average Bonchev–Trinajstić information content (AvgIpc) is 2.28. The van der Waals surface area contributed by atoms with Crippen molar-refractivity contribution in [3.63, 3.8) is 0 Å². The highest BCUT2D eigenvalue weighted by molar-refractivity contribution is 6.35. The maximum atomic E-state index is 6.19. The molecular formula is C14H19Cl2N. The molecular weight excluding hydrogens is 253 g/mol. The third-order valence-electron chi connectivity index (χ3n) is 3.80. The van der Waals surface area contributed by atoms with Gasteiger partial charge >= 0.3 is 0 Å². The summed E-state index contributed by atoms with van der Waals surface area (Å²) in [5, 5.41) is 5.05. The van der Waals surface area contributed by atoms with Gasteiger partial charge in [-0.1, -0.05) is 43.5 Å². The molecule has 1 aromatic carbocycles. The first-order valence-electron chi connectivity index (χ1n) is 6.29. The van der Waals surface area contributed by atoms with Crippen molar-refractivity contribution < 1.29 is 0 Å². The second kappa shape index (κ2) is 5.49. The molecule has 1 aliphatic carbocycles. The fourth-order valence-corrected chi connectivity index (χ4v) is 3.10. The van der Waals surface area contributed by atoms with Crippen molar-refractivity contribution in [3.05, 3.63) is 28.2 Å². The van der Waals surface area contributed by atoms with Gasteiger partial charge in [0.2, 0.25) is 0 Å². The molecule has 2 rings (SSSR count). The number of benzene rings is 1. The van der Waals surface area contributed by atoms with Crippen LogP contribution in [0, 0.1) is 11.8 Å². The van der Waals surface area contributed by atoms with Gasteiger partial charge in [-0.25, -0.2) is 0 Å². The Hall–Kier alpha value is -0.400. The van der Waals surface area contributed by atoms with E-state index in [0.717, 1.165) is 15.7 Å². The number of hydrogen-bond donors (Lipinski definition) is 1. The molecule has 2 unspecified atom stereocenters. The lowest BCUT2D eigenvalue weighted by molar-refractivity contribution is 0.268. The molecule has 0 bridgehead atoms. The van der Waals surface area contributed by atoms with E-state index in [9.17, 15) is 0 Å². The van der Waals surface area contributed by atoms with E-state index in [2.05, 4.69) is 19.2 Å². The van der Waals surface area contributed by atoms with Crippen LogP contribution in [0.4, 0.5) is 5.69 Å². The largest absolute Gasteiger partial charge is 0.381 e. The van der Waals surface area contributed by atoms with Crippen LogP contribution >= 0.6 is 23.2 Å². The Balaban J connectivity index is 2.16. The summed E-state index contributed by atoms with van der Waals surface area (Å²) < 4.78 is 0. The maximum absolute atomic E-state index is 6.19. The quantitative estimate of drug-likeness (QED) is 0.777. The van der Waals surface area contributed by atoms with E-state index in [-0.39, 0.29) is 0 Å². The molecule has 2 atom stereocenters. The van der Waals surface area contributed by atoms with E-state index >= 15 is 0 Å². The van der Waals surface area contributed by atoms with Crippen LogP contribution in [0.2, 0.25) is 10.0 Å². The molecule has 1 N–H and O–H groups in total. The van der Waals surface area contributed by atoms with Crippen LogP contribution in [0.15, 0.2) is 18.2 Å². The molecule has 1 aliphatic rings. The Kier molecular flexibility index (Phi) is 4.22. The Bertz CT molecular complexity index is 382. The van der Waals surface area contributed by atoms with Crippen LogP contribution in [0.3, 0.4) is 0 Å². The lowest BCUT2D eigenvalue weighted by Gasteiger charge is -2.36. The third-order valence-corrected chi connectivity index (χ3v) is 4.36. The molecule has 94 valence electrons. The van der Waals surface area contributed by atoms with Crippen molar-refractivity contribution in [1.29, 1.82) is 0 Å². The van der Waals surface area contributed by atoms with Gasteiger partial charge in [-0.3, -0.25) is 0 Å². The molecule has 0 aromatic heterocycles. The number of nitrogens with one attached hydrogen (secondary N) is 1. The molecule has 1 nitrogen and oxygen atoms in total. The summed E-state index contributed by atoms with van der Waals surface area (Å²) in [6.07, 6.45) is 3.92. The summed E-state index contributed by atoms with van der Waals surface area (Å²) in [6.45, 7) is 4.62. The number of hydrogen-bond acceptors (Lipinski definition) is 1. The maximum Gasteiger partial charge on any atom is 0.0638 e. The predicted octanol–water partition coefficient (Wildman–Crippen LogP) is 5.23. The van der Waals surface area contributed by atoms with Crippen LogP contribution in [-0.2, 0) is 0 Å². The van der Waals surface area contributed by atoms with Gasteiger partial charge in [-0.15, -0.1) is 0 Å². The standard InChI is InChI=1S/C14H19Cl2N/c1-9-4-3-5-10(2)14(9)17-13-8-11(15)6-7-12(13)16/h6-10,14,17H,3-5H2,1-2H3. The first-order chi connectivity index (χ1) is 8.08. The number of halogens is 2. The molecule has 0 aliphatic heterocycles. The van der Waals surface area contributed by atoms with Crippen molar-refractivity contribution in [1.82, 2.24) is 0 Å². The zero-order valence-electron chi connectivity index (χ0n) is 10.3. The van der Waals surface area contributed by atoms with E-state index in [0.29, 0.717) is 17.9 Å². The second-order valence-corrected chi connectivity index (χ2v) is 6.02. The average molecular weight is 272 g/mol. The summed E-state index contributed by atoms with van der Waals surface area (Å²) in [7, 11) is 0. The zero-order valence-corrected chi connectivity index (χ0v) is 11.9. The second-order valence-electron chi connectivity index (χ2n) is 5.18. The van der Waals surface area contributed by atoms with Crippen LogP contribution in [0.1, 0.15) is 33.1 Å². The molecule has 0 radical (unpaired) electrons. The van der Waals surface area contributed by atoms with Crippen molar-refractivity contribution in [2.45, 2.75) is 39.2 Å². The highest BCUT2D eigenvalue weighted by Gasteiger charge is 2.27. The highest BCUT2D eigenvalue weighted by atomic mass is 35.5. The Morgan fingerprint density at radius 2 is 1.76 bits per heavy atom. The Labute approximate surface area is 114 Å². The van der Waals surface area contributed by atoms with E-state index in [4.69, 9.17) is 23.2 Å². The molecule has 1 aromatic rings. The molecule has 0 amide bonds. The van der Waals surface area contributed by atoms with E-state index in [1.54, 1.807) is 0 Å². The van der Waals surface area contributed by atoms with Crippen LogP contribution in [0.5, 0.6) is 0 Å². The van der Waals surface area contributed by atoms with Crippen LogP contribution in [0.25, 0.3) is 0 Å². The monoisotopic (exact) mass is 271 g/mol. The van der Waals surface area contributed by atoms with Crippen LogP contribution in [-0.4, -0.2) is 6.04 Å². The molecule has 17 heavy (non-hydrogen) atoms. The van der Waals surface area contributed by atoms with Gasteiger partial charge in [0.15, 0.2) is 0 Å². The summed E-state index contributed by atoms with van der Waals surface area (Å²) >= 11 is 12.2. The molecule has 3 heteroatoms. The lowest BCUT2D eigenvalue weighted by Crippen LogP contribution is -2.37. The fourth-order valence-electron chi connectivity index (χ4n) is 2.75. The van der Waals surface area contributed by atoms with Gasteiger partial charge in [0.1, 0.15) is 0 Å². The SMILES string of the molecule is CC1CCCC(C)C1Nc1cc(Cl)ccc1Cl. The minimum absolute atomic E-state index is 0.500. The topological polar surface area (TPSA) is 12.0 Å². The minimum Gasteiger partial charge on any atom is -0.381 e. The smallest absolute Gasteiger partial charge is 0.0638 e. The summed E-state index contributed by atoms with van der Waals surface area (Å²) in [5.41, 5.74) is 0.963. The summed E-state index contributed by atoms with van der Waals surface area (Å²) in [5.74, 6) is 1.38. The minimum atomic E-state index is 0.500. The summed E-state index contributed by atoms with van der Waals surface area (Å²) in [6, 6.07) is 6.09. The van der Waals surface area contributed by atoms with Crippen molar-refractivity contribution in [2.24, 2.45) is 11.8 Å². The molecule has 1 fully saturated rings. The Morgan fingerprint density at radius 1 is 1.12 bits per heavy atom. The lowest BCUT2D eigenvalue weighted by atomic mass is 9.78. The number of rotatable bonds is 2. The van der Waals surface area contributed by atoms with Gasteiger partial charge in [0.25, 0.3) is 0 Å². The zero-order chi connectivity index (χ0) is 12.4. The van der Waals surface area contributed by atoms with E-state index in [1.807, 2.05) is 18.2 Å². The number of anilines is 1. The predicted molar refractivity (Wildman–Crippen MR) is 76.1 cm³/mol. The molecule has 1 saturated carbocycles. The summed E-state index contributed by atoms with van der Waals surface area (Å²) in [4.78, 5) is 0. The first-order valence-corrected chi connectivity index (χ1v) is 7.05. The normalized spacial score (nSPS) is 29.1. The van der Waals surface area contributed by atoms with E-state index < -0.39 is 0 Å². The fraction of sp³-hybridized carbons (Fsp3) is 0.571. The first kappa shape index (κ1) is 13.0. The Morgan fingerprint density at radius 3 is 2.41 bits per heavy atom. The highest BCUT2D eigenvalue weighted by Crippen LogP contribution is 2.34. The molecule has 0 spiro atoms. The third kappa shape index (κ3) is 3.08. The van der Waals surface area contributed by atoms with Gasteiger partial charge < -0.3 is 5.32 Å². The molecule has 0 saturated heterocycles. The van der Waals surface area contributed by atoms with Gasteiger partial charge in [0, 0.05) is 11.1 Å². The molecule has 0 heterocycles. The van der Waals surface area contributed by atoms with Gasteiger partial charge in [0.05, 0.1) is 10.7 Å². The van der Waals surface area contributed by atoms with Crippen molar-refractivity contribution >= 4 is 28.9 Å².